The molecule has 0 fully saturated rings. The minimum absolute atomic E-state index is 0.0761. The maximum absolute atomic E-state index is 11.2. The van der Waals surface area contributed by atoms with Gasteiger partial charge in [-0.2, -0.15) is 0 Å². The van der Waals surface area contributed by atoms with Gasteiger partial charge in [0.2, 0.25) is 0 Å². The number of ether oxygens (including phenoxy) is 1. The van der Waals surface area contributed by atoms with Gasteiger partial charge in [0.25, 0.3) is 0 Å². The van der Waals surface area contributed by atoms with Crippen molar-refractivity contribution in [2.75, 3.05) is 6.61 Å². The van der Waals surface area contributed by atoms with Gasteiger partial charge in [-0.1, -0.05) is 0 Å². The summed E-state index contributed by atoms with van der Waals surface area (Å²) in [5.74, 6) is 0.295. The van der Waals surface area contributed by atoms with Crippen molar-refractivity contribution in [2.45, 2.75) is 12.6 Å². The molecule has 0 aliphatic rings. The molecule has 0 amide bonds. The fourth-order valence-corrected chi connectivity index (χ4v) is 2.10. The largest absolute Gasteiger partial charge is 0.507 e. The van der Waals surface area contributed by atoms with E-state index in [1.807, 2.05) is 0 Å². The van der Waals surface area contributed by atoms with E-state index in [0.717, 1.165) is 6.07 Å². The summed E-state index contributed by atoms with van der Waals surface area (Å²) in [7, 11) is 0. The summed E-state index contributed by atoms with van der Waals surface area (Å²) in [6.45, 7) is 0.441. The maximum Gasteiger partial charge on any atom is 0.339 e. The average Bonchev–Trinajstić information content (AvgIpc) is 2.97. The quantitative estimate of drug-likeness (QED) is 0.686. The lowest BCUT2D eigenvalue weighted by Crippen LogP contribution is -2.22. The molecule has 7 nitrogen and oxygen atoms in total. The van der Waals surface area contributed by atoms with E-state index in [2.05, 4.69) is 4.98 Å². The van der Waals surface area contributed by atoms with Crippen LogP contribution in [0.2, 0.25) is 0 Å². The summed E-state index contributed by atoms with van der Waals surface area (Å²) in [5, 5.41) is 20.0. The van der Waals surface area contributed by atoms with Crippen molar-refractivity contribution in [3.63, 3.8) is 0 Å². The molecule has 0 aliphatic carbocycles. The first kappa shape index (κ1) is 14.2. The van der Waals surface area contributed by atoms with E-state index in [1.165, 1.54) is 6.07 Å². The van der Waals surface area contributed by atoms with E-state index in [9.17, 15) is 15.0 Å². The fraction of sp³-hybridized carbons (Fsp3) is 0.200. The van der Waals surface area contributed by atoms with Gasteiger partial charge in [-0.3, -0.25) is 0 Å². The smallest absolute Gasteiger partial charge is 0.339 e. The first-order valence-corrected chi connectivity index (χ1v) is 6.65. The van der Waals surface area contributed by atoms with E-state index >= 15 is 0 Å². The lowest BCUT2D eigenvalue weighted by molar-refractivity contribution is 0.0925. The van der Waals surface area contributed by atoms with Crippen LogP contribution in [0.3, 0.4) is 0 Å². The Hall–Kier alpha value is -2.80. The van der Waals surface area contributed by atoms with Crippen LogP contribution in [0, 0.1) is 0 Å². The van der Waals surface area contributed by atoms with Gasteiger partial charge in [-0.15, -0.1) is 0 Å². The molecule has 2 heterocycles. The molecule has 0 bridgehead atoms. The highest BCUT2D eigenvalue weighted by Crippen LogP contribution is 2.26. The normalized spacial score (nSPS) is 12.4. The van der Waals surface area contributed by atoms with Gasteiger partial charge in [0, 0.05) is 18.5 Å². The van der Waals surface area contributed by atoms with Crippen LogP contribution in [0.25, 0.3) is 11.0 Å². The molecule has 0 radical (unpaired) electrons. The topological polar surface area (TPSA) is 97.7 Å². The standard InChI is InChI=1S/C15H14N2O5/c18-10(7-17-4-3-16-9-17)8-21-11-1-2-12-13(19)6-15(20)22-14(12)5-11/h1-6,9-10,18-19H,7-8H2/t10-/m1/s1. The van der Waals surface area contributed by atoms with E-state index in [1.54, 1.807) is 35.4 Å². The van der Waals surface area contributed by atoms with Crippen LogP contribution in [-0.4, -0.2) is 32.5 Å². The lowest BCUT2D eigenvalue weighted by Gasteiger charge is -2.13. The number of aromatic nitrogens is 2. The third kappa shape index (κ3) is 3.09. The fourth-order valence-electron chi connectivity index (χ4n) is 2.10. The second-order valence-electron chi connectivity index (χ2n) is 4.83. The number of fused-ring (bicyclic) bond motifs is 1. The molecule has 3 rings (SSSR count). The second kappa shape index (κ2) is 5.90. The highest BCUT2D eigenvalue weighted by atomic mass is 16.5. The number of hydrogen-bond donors (Lipinski definition) is 2. The number of rotatable bonds is 5. The molecular formula is C15H14N2O5. The summed E-state index contributed by atoms with van der Waals surface area (Å²) in [6.07, 6.45) is 4.28. The predicted octanol–water partition coefficient (Wildman–Crippen LogP) is 1.13. The minimum Gasteiger partial charge on any atom is -0.507 e. The molecule has 7 heteroatoms. The number of aliphatic hydroxyl groups is 1. The Bertz CT molecular complexity index is 826. The monoisotopic (exact) mass is 302 g/mol. The van der Waals surface area contributed by atoms with Crippen LogP contribution in [0.4, 0.5) is 0 Å². The van der Waals surface area contributed by atoms with Gasteiger partial charge in [0.1, 0.15) is 29.8 Å². The van der Waals surface area contributed by atoms with Gasteiger partial charge >= 0.3 is 5.63 Å². The van der Waals surface area contributed by atoms with Crippen molar-refractivity contribution in [1.82, 2.24) is 9.55 Å². The Morgan fingerprint density at radius 2 is 2.23 bits per heavy atom. The van der Waals surface area contributed by atoms with Crippen LogP contribution in [0.15, 0.2) is 52.2 Å². The van der Waals surface area contributed by atoms with Gasteiger partial charge in [0.05, 0.1) is 24.3 Å². The Labute approximate surface area is 125 Å². The van der Waals surface area contributed by atoms with Crippen LogP contribution in [0.5, 0.6) is 11.5 Å². The van der Waals surface area contributed by atoms with Crippen molar-refractivity contribution < 1.29 is 19.4 Å². The van der Waals surface area contributed by atoms with Crippen molar-refractivity contribution in [2.24, 2.45) is 0 Å². The molecule has 0 unspecified atom stereocenters. The van der Waals surface area contributed by atoms with E-state index in [4.69, 9.17) is 9.15 Å². The summed E-state index contributed by atoms with van der Waals surface area (Å²) in [5.41, 5.74) is -0.408. The number of aromatic hydroxyl groups is 1. The van der Waals surface area contributed by atoms with Crippen molar-refractivity contribution >= 4 is 11.0 Å². The Morgan fingerprint density at radius 3 is 3.00 bits per heavy atom. The first-order valence-electron chi connectivity index (χ1n) is 6.65. The Kier molecular flexibility index (Phi) is 3.80. The van der Waals surface area contributed by atoms with Crippen LogP contribution >= 0.6 is 0 Å². The highest BCUT2D eigenvalue weighted by molar-refractivity contribution is 5.83. The summed E-state index contributed by atoms with van der Waals surface area (Å²) in [4.78, 5) is 15.1. The van der Waals surface area contributed by atoms with Crippen LogP contribution in [0.1, 0.15) is 0 Å². The Morgan fingerprint density at radius 1 is 1.36 bits per heavy atom. The van der Waals surface area contributed by atoms with Gasteiger partial charge in [-0.25, -0.2) is 9.78 Å². The third-order valence-electron chi connectivity index (χ3n) is 3.12. The molecule has 0 saturated carbocycles. The van der Waals surface area contributed by atoms with Gasteiger partial charge < -0.3 is 23.9 Å². The molecule has 2 N–H and O–H groups in total. The third-order valence-corrected chi connectivity index (χ3v) is 3.12. The van der Waals surface area contributed by atoms with Crippen molar-refractivity contribution in [3.05, 3.63) is 53.4 Å². The minimum atomic E-state index is -0.707. The number of nitrogens with zero attached hydrogens (tertiary/aromatic N) is 2. The first-order chi connectivity index (χ1) is 10.6. The van der Waals surface area contributed by atoms with Crippen LogP contribution < -0.4 is 10.4 Å². The molecule has 0 saturated heterocycles. The second-order valence-corrected chi connectivity index (χ2v) is 4.83. The van der Waals surface area contributed by atoms with E-state index in [0.29, 0.717) is 17.7 Å². The summed E-state index contributed by atoms with van der Waals surface area (Å²) < 4.78 is 12.2. The predicted molar refractivity (Wildman–Crippen MR) is 77.9 cm³/mol. The maximum atomic E-state index is 11.2. The molecule has 114 valence electrons. The van der Waals surface area contributed by atoms with Gasteiger partial charge in [0.15, 0.2) is 0 Å². The average molecular weight is 302 g/mol. The number of hydrogen-bond acceptors (Lipinski definition) is 6. The summed E-state index contributed by atoms with van der Waals surface area (Å²) in [6, 6.07) is 5.73. The SMILES string of the molecule is O=c1cc(O)c2ccc(OC[C@H](O)Cn3ccnc3)cc2o1. The molecule has 1 aromatic carbocycles. The lowest BCUT2D eigenvalue weighted by atomic mass is 10.2. The molecule has 2 aromatic heterocycles. The van der Waals surface area contributed by atoms with E-state index in [-0.39, 0.29) is 17.9 Å². The zero-order chi connectivity index (χ0) is 15.5. The highest BCUT2D eigenvalue weighted by Gasteiger charge is 2.09. The molecule has 0 spiro atoms. The number of imidazole rings is 1. The number of aliphatic hydroxyl groups excluding tert-OH is 1. The van der Waals surface area contributed by atoms with E-state index < -0.39 is 11.7 Å². The zero-order valence-corrected chi connectivity index (χ0v) is 11.5. The molecule has 1 atom stereocenters. The zero-order valence-electron chi connectivity index (χ0n) is 11.5. The number of benzene rings is 1. The van der Waals surface area contributed by atoms with Crippen molar-refractivity contribution in [3.8, 4) is 11.5 Å². The van der Waals surface area contributed by atoms with Crippen molar-refractivity contribution in [1.29, 1.82) is 0 Å². The summed E-state index contributed by atoms with van der Waals surface area (Å²) >= 11 is 0. The molecule has 0 aliphatic heterocycles. The molecular weight excluding hydrogens is 288 g/mol. The molecule has 22 heavy (non-hydrogen) atoms. The molecule has 3 aromatic rings. The van der Waals surface area contributed by atoms with Gasteiger partial charge in [-0.05, 0) is 12.1 Å². The Balaban J connectivity index is 1.70. The van der Waals surface area contributed by atoms with Crippen LogP contribution in [-0.2, 0) is 6.54 Å².